The number of aryl methyl sites for hydroxylation is 2. The highest BCUT2D eigenvalue weighted by Gasteiger charge is 2.17. The van der Waals surface area contributed by atoms with Gasteiger partial charge in [-0.05, 0) is 12.1 Å². The molecule has 10 heteroatoms. The first-order valence-corrected chi connectivity index (χ1v) is 9.03. The maximum absolute atomic E-state index is 12.2. The van der Waals surface area contributed by atoms with Crippen LogP contribution in [0.3, 0.4) is 0 Å². The molecule has 0 aliphatic heterocycles. The van der Waals surface area contributed by atoms with Gasteiger partial charge < -0.3 is 22.8 Å². The van der Waals surface area contributed by atoms with E-state index < -0.39 is 10.0 Å². The fourth-order valence-corrected chi connectivity index (χ4v) is 3.36. The Bertz CT molecular complexity index is 836. The van der Waals surface area contributed by atoms with E-state index in [0.29, 0.717) is 13.0 Å². The topological polar surface area (TPSA) is 104 Å². The van der Waals surface area contributed by atoms with Crippen LogP contribution in [0.4, 0.5) is 11.4 Å². The van der Waals surface area contributed by atoms with Crippen LogP contribution >= 0.6 is 0 Å². The molecule has 1 heterocycles. The smallest absolute Gasteiger partial charge is 0.243 e. The number of phenolic OH excluding ortho intramolecular Hbond substituents is 1. The number of phenols is 1. The van der Waals surface area contributed by atoms with Crippen molar-refractivity contribution >= 4 is 27.3 Å². The normalized spacial score (nSPS) is 10.8. The number of carbonyl (C=O) groups excluding carboxylic acids is 1. The molecule has 138 valence electrons. The zero-order valence-electron chi connectivity index (χ0n) is 13.9. The molecule has 0 unspecified atom stereocenters. The number of anilines is 2. The van der Waals surface area contributed by atoms with E-state index in [1.165, 1.54) is 25.1 Å². The van der Waals surface area contributed by atoms with Crippen molar-refractivity contribution in [1.82, 2.24) is 4.57 Å². The Labute approximate surface area is 152 Å². The number of halogens is 1. The standard InChI is InChI=1S/C15H20N4O4S.ClH/c1-12(20)16-13-5-3-6-14(21)15(13)17-24(22,23)10-4-7-19-9-8-18(2)11-19;/h3,5-6,8-9,11,17H,4,7,10H2,1-2H3,(H-,16,20,21);1H. The lowest BCUT2D eigenvalue weighted by Gasteiger charge is -2.14. The minimum Gasteiger partial charge on any atom is -1.00 e. The average molecular weight is 389 g/mol. The van der Waals surface area contributed by atoms with Crippen LogP contribution in [-0.4, -0.2) is 29.8 Å². The molecule has 0 saturated carbocycles. The zero-order chi connectivity index (χ0) is 17.7. The van der Waals surface area contributed by atoms with Crippen molar-refractivity contribution in [2.45, 2.75) is 19.9 Å². The number of benzene rings is 1. The van der Waals surface area contributed by atoms with Crippen molar-refractivity contribution in [1.29, 1.82) is 0 Å². The minimum atomic E-state index is -3.66. The fraction of sp³-hybridized carbons (Fsp3) is 0.333. The van der Waals surface area contributed by atoms with Gasteiger partial charge in [-0.3, -0.25) is 9.52 Å². The molecule has 3 N–H and O–H groups in total. The monoisotopic (exact) mass is 388 g/mol. The first kappa shape index (κ1) is 20.8. The van der Waals surface area contributed by atoms with Crippen molar-refractivity contribution in [2.75, 3.05) is 15.8 Å². The van der Waals surface area contributed by atoms with Gasteiger partial charge in [0.25, 0.3) is 0 Å². The van der Waals surface area contributed by atoms with E-state index in [0.717, 1.165) is 0 Å². The van der Waals surface area contributed by atoms with Crippen molar-refractivity contribution in [2.24, 2.45) is 7.05 Å². The second-order valence-corrected chi connectivity index (χ2v) is 7.31. The maximum Gasteiger partial charge on any atom is 0.243 e. The van der Waals surface area contributed by atoms with Crippen molar-refractivity contribution < 1.29 is 35.3 Å². The third-order valence-electron chi connectivity index (χ3n) is 3.26. The van der Waals surface area contributed by atoms with Crippen LogP contribution in [0, 0.1) is 0 Å². The Morgan fingerprint density at radius 2 is 2.08 bits per heavy atom. The number of carbonyl (C=O) groups is 1. The number of para-hydroxylation sites is 1. The second kappa shape index (κ2) is 8.72. The van der Waals surface area contributed by atoms with Gasteiger partial charge in [0.05, 0.1) is 25.0 Å². The number of aromatic nitrogens is 2. The van der Waals surface area contributed by atoms with E-state index in [9.17, 15) is 18.3 Å². The summed E-state index contributed by atoms with van der Waals surface area (Å²) in [6.07, 6.45) is 6.00. The maximum atomic E-state index is 12.2. The number of aromatic hydroxyl groups is 1. The molecule has 2 rings (SSSR count). The predicted octanol–water partition coefficient (Wildman–Crippen LogP) is -2.19. The van der Waals surface area contributed by atoms with Crippen molar-refractivity contribution in [3.05, 3.63) is 36.9 Å². The molecule has 0 atom stereocenters. The number of hydrogen-bond donors (Lipinski definition) is 3. The van der Waals surface area contributed by atoms with Crippen LogP contribution < -0.4 is 27.0 Å². The summed E-state index contributed by atoms with van der Waals surface area (Å²) < 4.78 is 30.6. The molecule has 2 aromatic rings. The summed E-state index contributed by atoms with van der Waals surface area (Å²) in [5, 5.41) is 12.4. The van der Waals surface area contributed by atoms with Gasteiger partial charge >= 0.3 is 0 Å². The van der Waals surface area contributed by atoms with Crippen LogP contribution in [-0.2, 0) is 28.4 Å². The van der Waals surface area contributed by atoms with E-state index in [1.807, 2.05) is 34.9 Å². The zero-order valence-corrected chi connectivity index (χ0v) is 15.5. The highest BCUT2D eigenvalue weighted by molar-refractivity contribution is 7.92. The summed E-state index contributed by atoms with van der Waals surface area (Å²) in [4.78, 5) is 11.2. The molecule has 1 aromatic carbocycles. The third kappa shape index (κ3) is 6.28. The van der Waals surface area contributed by atoms with Gasteiger partial charge in [0, 0.05) is 13.3 Å². The van der Waals surface area contributed by atoms with E-state index in [1.54, 1.807) is 0 Å². The van der Waals surface area contributed by atoms with E-state index in [2.05, 4.69) is 10.0 Å². The predicted molar refractivity (Wildman–Crippen MR) is 90.0 cm³/mol. The Kier molecular flexibility index (Phi) is 7.25. The summed E-state index contributed by atoms with van der Waals surface area (Å²) in [6, 6.07) is 4.38. The summed E-state index contributed by atoms with van der Waals surface area (Å²) in [7, 11) is -1.77. The van der Waals surface area contributed by atoms with E-state index >= 15 is 0 Å². The van der Waals surface area contributed by atoms with Gasteiger partial charge in [-0.2, -0.15) is 0 Å². The van der Waals surface area contributed by atoms with Gasteiger partial charge in [0.1, 0.15) is 23.8 Å². The van der Waals surface area contributed by atoms with E-state index in [4.69, 9.17) is 0 Å². The Balaban J connectivity index is 0.00000312. The molecule has 0 fully saturated rings. The average Bonchev–Trinajstić information content (AvgIpc) is 2.87. The molecule has 0 radical (unpaired) electrons. The highest BCUT2D eigenvalue weighted by atomic mass is 35.5. The van der Waals surface area contributed by atoms with Crippen molar-refractivity contribution in [3.63, 3.8) is 0 Å². The molecule has 1 amide bonds. The Morgan fingerprint density at radius 1 is 1.36 bits per heavy atom. The largest absolute Gasteiger partial charge is 1.00 e. The lowest BCUT2D eigenvalue weighted by atomic mass is 10.2. The fourth-order valence-electron chi connectivity index (χ4n) is 2.22. The molecule has 0 aliphatic carbocycles. The first-order valence-electron chi connectivity index (χ1n) is 7.38. The number of hydrogen-bond acceptors (Lipinski definition) is 4. The molecule has 0 aliphatic rings. The van der Waals surface area contributed by atoms with E-state index in [-0.39, 0.29) is 41.2 Å². The number of imidazole rings is 1. The van der Waals surface area contributed by atoms with Crippen LogP contribution in [0.1, 0.15) is 13.3 Å². The Morgan fingerprint density at radius 3 is 2.68 bits per heavy atom. The minimum absolute atomic E-state index is 0. The molecular weight excluding hydrogens is 368 g/mol. The van der Waals surface area contributed by atoms with Gasteiger partial charge in [-0.1, -0.05) is 6.07 Å². The van der Waals surface area contributed by atoms with Crippen LogP contribution in [0.2, 0.25) is 0 Å². The number of nitrogens with zero attached hydrogens (tertiary/aromatic N) is 2. The lowest BCUT2D eigenvalue weighted by Crippen LogP contribution is -3.00. The number of rotatable bonds is 7. The van der Waals surface area contributed by atoms with Crippen LogP contribution in [0.5, 0.6) is 5.75 Å². The van der Waals surface area contributed by atoms with Gasteiger partial charge in [0.15, 0.2) is 0 Å². The number of nitrogens with one attached hydrogen (secondary N) is 2. The second-order valence-electron chi connectivity index (χ2n) is 5.47. The number of amides is 1. The summed E-state index contributed by atoms with van der Waals surface area (Å²) >= 11 is 0. The van der Waals surface area contributed by atoms with Crippen LogP contribution in [0.25, 0.3) is 0 Å². The van der Waals surface area contributed by atoms with Gasteiger partial charge in [-0.25, -0.2) is 17.6 Å². The molecule has 1 aromatic heterocycles. The molecule has 25 heavy (non-hydrogen) atoms. The molecule has 8 nitrogen and oxygen atoms in total. The summed E-state index contributed by atoms with van der Waals surface area (Å²) in [5.41, 5.74) is 0.184. The van der Waals surface area contributed by atoms with Crippen molar-refractivity contribution in [3.8, 4) is 5.75 Å². The molecule has 0 saturated heterocycles. The summed E-state index contributed by atoms with van der Waals surface area (Å²) in [6.45, 7) is 1.86. The van der Waals surface area contributed by atoms with Gasteiger partial charge in [0.2, 0.25) is 22.3 Å². The molecule has 0 spiro atoms. The third-order valence-corrected chi connectivity index (χ3v) is 4.61. The Hall–Kier alpha value is -2.26. The highest BCUT2D eigenvalue weighted by Crippen LogP contribution is 2.32. The van der Waals surface area contributed by atoms with Crippen LogP contribution in [0.15, 0.2) is 36.9 Å². The lowest BCUT2D eigenvalue weighted by molar-refractivity contribution is -0.671. The quantitative estimate of drug-likeness (QED) is 0.370. The van der Waals surface area contributed by atoms with Gasteiger partial charge in [-0.15, -0.1) is 0 Å². The molecule has 0 bridgehead atoms. The molecular formula is C15H21ClN4O4S. The summed E-state index contributed by atoms with van der Waals surface area (Å²) in [5.74, 6) is -0.716. The first-order chi connectivity index (χ1) is 11.3. The number of sulfonamides is 1. The SMILES string of the molecule is CC(=O)Nc1cccc(O)c1NS(=O)(=O)CCCn1cc[n+](C)c1.[Cl-].